The molecule has 3 nitrogen and oxygen atoms in total. The van der Waals surface area contributed by atoms with Crippen LogP contribution in [0.2, 0.25) is 0 Å². The van der Waals surface area contributed by atoms with Crippen LogP contribution in [0, 0.1) is 0 Å². The van der Waals surface area contributed by atoms with Crippen LogP contribution in [-0.4, -0.2) is 11.1 Å². The summed E-state index contributed by atoms with van der Waals surface area (Å²) in [4.78, 5) is 13.6. The molecular formula is C25H27NO2. The van der Waals surface area contributed by atoms with Gasteiger partial charge < -0.3 is 10.0 Å². The molecule has 28 heavy (non-hydrogen) atoms. The van der Waals surface area contributed by atoms with E-state index in [1.807, 2.05) is 31.2 Å². The van der Waals surface area contributed by atoms with Crippen molar-refractivity contribution in [2.75, 3.05) is 4.90 Å². The highest BCUT2D eigenvalue weighted by molar-refractivity contribution is 5.68. The zero-order valence-electron chi connectivity index (χ0n) is 16.3. The van der Waals surface area contributed by atoms with Crippen molar-refractivity contribution in [3.05, 3.63) is 102 Å². The highest BCUT2D eigenvalue weighted by atomic mass is 16.4. The summed E-state index contributed by atoms with van der Waals surface area (Å²) in [5.41, 5.74) is 4.71. The SMILES string of the molecule is CC[C@@H](CC(=O)O)c1cccc(N(Cc2ccccc2)Cc2ccccc2)c1. The van der Waals surface area contributed by atoms with Gasteiger partial charge in [0, 0.05) is 18.8 Å². The van der Waals surface area contributed by atoms with Crippen molar-refractivity contribution < 1.29 is 9.90 Å². The summed E-state index contributed by atoms with van der Waals surface area (Å²) in [7, 11) is 0. The van der Waals surface area contributed by atoms with Crippen LogP contribution in [0.15, 0.2) is 84.9 Å². The molecule has 144 valence electrons. The van der Waals surface area contributed by atoms with Gasteiger partial charge in [0.05, 0.1) is 6.42 Å². The molecule has 3 aromatic rings. The van der Waals surface area contributed by atoms with Crippen molar-refractivity contribution in [2.24, 2.45) is 0 Å². The number of hydrogen-bond donors (Lipinski definition) is 1. The molecule has 0 aliphatic rings. The molecule has 0 amide bonds. The van der Waals surface area contributed by atoms with Crippen molar-refractivity contribution in [1.82, 2.24) is 0 Å². The molecule has 0 aliphatic carbocycles. The standard InChI is InChI=1S/C25H27NO2/c1-2-22(17-25(27)28)23-14-9-15-24(16-23)26(18-20-10-5-3-6-11-20)19-21-12-7-4-8-13-21/h3-16,22H,2,17-19H2,1H3,(H,27,28)/t22-/m0/s1. The molecule has 0 saturated carbocycles. The Balaban J connectivity index is 1.90. The molecule has 1 atom stereocenters. The predicted octanol–water partition coefficient (Wildman–Crippen LogP) is 5.86. The Morgan fingerprint density at radius 1 is 0.857 bits per heavy atom. The first-order chi connectivity index (χ1) is 13.7. The molecule has 0 heterocycles. The Bertz CT molecular complexity index is 836. The normalized spacial score (nSPS) is 11.8. The van der Waals surface area contributed by atoms with Crippen molar-refractivity contribution in [3.8, 4) is 0 Å². The molecule has 0 radical (unpaired) electrons. The predicted molar refractivity (Wildman–Crippen MR) is 114 cm³/mol. The lowest BCUT2D eigenvalue weighted by atomic mass is 9.93. The van der Waals surface area contributed by atoms with Gasteiger partial charge in [-0.3, -0.25) is 4.79 Å². The van der Waals surface area contributed by atoms with Gasteiger partial charge in [0.15, 0.2) is 0 Å². The smallest absolute Gasteiger partial charge is 0.303 e. The third kappa shape index (κ3) is 5.46. The van der Waals surface area contributed by atoms with Crippen LogP contribution in [0.4, 0.5) is 5.69 Å². The van der Waals surface area contributed by atoms with Gasteiger partial charge in [-0.05, 0) is 41.2 Å². The van der Waals surface area contributed by atoms with E-state index < -0.39 is 5.97 Å². The average Bonchev–Trinajstić information content (AvgIpc) is 2.73. The lowest BCUT2D eigenvalue weighted by molar-refractivity contribution is -0.137. The van der Waals surface area contributed by atoms with Crippen LogP contribution in [0.1, 0.15) is 42.4 Å². The van der Waals surface area contributed by atoms with Gasteiger partial charge in [0.2, 0.25) is 0 Å². The third-order valence-corrected chi connectivity index (χ3v) is 5.05. The van der Waals surface area contributed by atoms with Crippen molar-refractivity contribution in [2.45, 2.75) is 38.8 Å². The summed E-state index contributed by atoms with van der Waals surface area (Å²) >= 11 is 0. The zero-order valence-corrected chi connectivity index (χ0v) is 16.3. The van der Waals surface area contributed by atoms with E-state index in [9.17, 15) is 9.90 Å². The number of carboxylic acid groups (broad SMARTS) is 1. The zero-order chi connectivity index (χ0) is 19.8. The molecule has 0 aliphatic heterocycles. The van der Waals surface area contributed by atoms with Crippen LogP contribution in [-0.2, 0) is 17.9 Å². The summed E-state index contributed by atoms with van der Waals surface area (Å²) in [6.45, 7) is 3.65. The van der Waals surface area contributed by atoms with E-state index in [-0.39, 0.29) is 12.3 Å². The van der Waals surface area contributed by atoms with Crippen LogP contribution in [0.5, 0.6) is 0 Å². The Morgan fingerprint density at radius 3 is 1.93 bits per heavy atom. The largest absolute Gasteiger partial charge is 0.481 e. The van der Waals surface area contributed by atoms with Crippen LogP contribution in [0.3, 0.4) is 0 Å². The van der Waals surface area contributed by atoms with Crippen molar-refractivity contribution in [3.63, 3.8) is 0 Å². The average molecular weight is 373 g/mol. The summed E-state index contributed by atoms with van der Waals surface area (Å²) in [5, 5.41) is 9.23. The first kappa shape index (κ1) is 19.7. The number of carboxylic acids is 1. The quantitative estimate of drug-likeness (QED) is 0.510. The Kier molecular flexibility index (Phi) is 6.85. The molecule has 1 N–H and O–H groups in total. The van der Waals surface area contributed by atoms with Gasteiger partial charge in [-0.25, -0.2) is 0 Å². The fourth-order valence-corrected chi connectivity index (χ4v) is 3.53. The minimum atomic E-state index is -0.748. The van der Waals surface area contributed by atoms with Crippen molar-refractivity contribution in [1.29, 1.82) is 0 Å². The number of aliphatic carboxylic acids is 1. The highest BCUT2D eigenvalue weighted by Crippen LogP contribution is 2.28. The van der Waals surface area contributed by atoms with E-state index in [1.165, 1.54) is 11.1 Å². The Labute approximate surface area is 167 Å². The first-order valence-corrected chi connectivity index (χ1v) is 9.80. The molecule has 0 bridgehead atoms. The second kappa shape index (κ2) is 9.75. The Hall–Kier alpha value is -3.07. The number of hydrogen-bond acceptors (Lipinski definition) is 2. The maximum absolute atomic E-state index is 11.2. The van der Waals surface area contributed by atoms with E-state index in [4.69, 9.17) is 0 Å². The topological polar surface area (TPSA) is 40.5 Å². The lowest BCUT2D eigenvalue weighted by Gasteiger charge is -2.26. The van der Waals surface area contributed by atoms with Gasteiger partial charge in [0.1, 0.15) is 0 Å². The molecule has 0 spiro atoms. The summed E-state index contributed by atoms with van der Waals surface area (Å²) < 4.78 is 0. The van der Waals surface area contributed by atoms with Gasteiger partial charge in [0.25, 0.3) is 0 Å². The lowest BCUT2D eigenvalue weighted by Crippen LogP contribution is -2.22. The molecule has 0 unspecified atom stereocenters. The molecule has 0 saturated heterocycles. The second-order valence-corrected chi connectivity index (χ2v) is 7.13. The van der Waals surface area contributed by atoms with Gasteiger partial charge in [-0.2, -0.15) is 0 Å². The highest BCUT2D eigenvalue weighted by Gasteiger charge is 2.16. The van der Waals surface area contributed by atoms with Gasteiger partial charge >= 0.3 is 5.97 Å². The minimum Gasteiger partial charge on any atom is -0.481 e. The molecule has 3 rings (SSSR count). The summed E-state index contributed by atoms with van der Waals surface area (Å²) in [6, 6.07) is 29.2. The van der Waals surface area contributed by atoms with Gasteiger partial charge in [-0.1, -0.05) is 79.7 Å². The number of benzene rings is 3. The monoisotopic (exact) mass is 373 g/mol. The molecule has 0 aromatic heterocycles. The van der Waals surface area contributed by atoms with Crippen LogP contribution < -0.4 is 4.90 Å². The van der Waals surface area contributed by atoms with E-state index in [0.717, 1.165) is 30.8 Å². The minimum absolute atomic E-state index is 0.0350. The first-order valence-electron chi connectivity index (χ1n) is 9.80. The van der Waals surface area contributed by atoms with E-state index >= 15 is 0 Å². The van der Waals surface area contributed by atoms with Crippen LogP contribution in [0.25, 0.3) is 0 Å². The fraction of sp³-hybridized carbons (Fsp3) is 0.240. The molecular weight excluding hydrogens is 346 g/mol. The van der Waals surface area contributed by atoms with Crippen LogP contribution >= 0.6 is 0 Å². The van der Waals surface area contributed by atoms with E-state index in [2.05, 4.69) is 65.6 Å². The number of anilines is 1. The Morgan fingerprint density at radius 2 is 1.43 bits per heavy atom. The summed E-state index contributed by atoms with van der Waals surface area (Å²) in [5.74, 6) is -0.713. The summed E-state index contributed by atoms with van der Waals surface area (Å²) in [6.07, 6.45) is 0.977. The maximum atomic E-state index is 11.2. The fourth-order valence-electron chi connectivity index (χ4n) is 3.53. The molecule has 0 fully saturated rings. The number of rotatable bonds is 9. The second-order valence-electron chi connectivity index (χ2n) is 7.13. The van der Waals surface area contributed by atoms with E-state index in [1.54, 1.807) is 0 Å². The number of nitrogens with zero attached hydrogens (tertiary/aromatic N) is 1. The molecule has 3 heteroatoms. The van der Waals surface area contributed by atoms with Gasteiger partial charge in [-0.15, -0.1) is 0 Å². The van der Waals surface area contributed by atoms with E-state index in [0.29, 0.717) is 0 Å². The molecule has 3 aromatic carbocycles. The number of carbonyl (C=O) groups is 1. The maximum Gasteiger partial charge on any atom is 0.303 e. The third-order valence-electron chi connectivity index (χ3n) is 5.05. The van der Waals surface area contributed by atoms with Crippen molar-refractivity contribution >= 4 is 11.7 Å².